The Balaban J connectivity index is 1.52. The SMILES string of the molecule is Cc1oc2ncn(C)c(=O)c2c1C(=O)OCC(=O)N(Cc1ccc(F)cc1)C1CCCCC1. The number of nitrogens with zero attached hydrogens (tertiary/aromatic N) is 3. The molecule has 1 aliphatic carbocycles. The van der Waals surface area contributed by atoms with Crippen LogP contribution in [-0.2, 0) is 23.1 Å². The van der Waals surface area contributed by atoms with Gasteiger partial charge in [0.05, 0.1) is 0 Å². The van der Waals surface area contributed by atoms with Gasteiger partial charge >= 0.3 is 5.97 Å². The smallest absolute Gasteiger partial charge is 0.343 e. The van der Waals surface area contributed by atoms with Crippen LogP contribution < -0.4 is 5.56 Å². The Morgan fingerprint density at radius 3 is 2.61 bits per heavy atom. The van der Waals surface area contributed by atoms with Gasteiger partial charge in [0.15, 0.2) is 6.61 Å². The number of aromatic nitrogens is 2. The van der Waals surface area contributed by atoms with Crippen LogP contribution in [0.4, 0.5) is 4.39 Å². The van der Waals surface area contributed by atoms with E-state index in [0.29, 0.717) is 6.54 Å². The molecule has 2 heterocycles. The molecule has 0 bridgehead atoms. The summed E-state index contributed by atoms with van der Waals surface area (Å²) in [6, 6.07) is 6.05. The van der Waals surface area contributed by atoms with Crippen molar-refractivity contribution in [2.24, 2.45) is 7.05 Å². The molecule has 4 rings (SSSR count). The van der Waals surface area contributed by atoms with Crippen LogP contribution in [0.25, 0.3) is 11.1 Å². The zero-order valence-electron chi connectivity index (χ0n) is 18.7. The van der Waals surface area contributed by atoms with E-state index < -0.39 is 18.1 Å². The number of aryl methyl sites for hydroxylation is 2. The third-order valence-corrected chi connectivity index (χ3v) is 6.08. The second-order valence-electron chi connectivity index (χ2n) is 8.39. The number of carbonyl (C=O) groups is 2. The van der Waals surface area contributed by atoms with Crippen LogP contribution in [0, 0.1) is 12.7 Å². The highest BCUT2D eigenvalue weighted by Crippen LogP contribution is 2.25. The average molecular weight is 455 g/mol. The number of furan rings is 1. The zero-order valence-corrected chi connectivity index (χ0v) is 18.7. The standard InChI is InChI=1S/C24H26FN3O5/c1-15-20(21-22(33-15)26-14-27(2)23(21)30)24(31)32-13-19(29)28(18-6-4-3-5-7-18)12-16-8-10-17(25)11-9-16/h8-11,14,18H,3-7,12-13H2,1-2H3. The lowest BCUT2D eigenvalue weighted by Crippen LogP contribution is -2.43. The maximum absolute atomic E-state index is 13.3. The third-order valence-electron chi connectivity index (χ3n) is 6.08. The van der Waals surface area contributed by atoms with Gasteiger partial charge in [-0.05, 0) is 37.5 Å². The number of amides is 1. The maximum atomic E-state index is 13.3. The minimum absolute atomic E-state index is 0.0192. The molecule has 1 aromatic carbocycles. The summed E-state index contributed by atoms with van der Waals surface area (Å²) in [5.41, 5.74) is 0.395. The number of hydrogen-bond donors (Lipinski definition) is 0. The molecule has 0 saturated heterocycles. The minimum Gasteiger partial charge on any atom is -0.452 e. The van der Waals surface area contributed by atoms with Gasteiger partial charge in [-0.1, -0.05) is 31.4 Å². The quantitative estimate of drug-likeness (QED) is 0.528. The first kappa shape index (κ1) is 22.7. The van der Waals surface area contributed by atoms with Crippen molar-refractivity contribution in [3.63, 3.8) is 0 Å². The van der Waals surface area contributed by atoms with E-state index in [-0.39, 0.29) is 40.2 Å². The maximum Gasteiger partial charge on any atom is 0.343 e. The van der Waals surface area contributed by atoms with E-state index in [9.17, 15) is 18.8 Å². The number of rotatable bonds is 6. The lowest BCUT2D eigenvalue weighted by Gasteiger charge is -2.34. The van der Waals surface area contributed by atoms with Gasteiger partial charge in [-0.3, -0.25) is 9.59 Å². The predicted octanol–water partition coefficient (Wildman–Crippen LogP) is 3.49. The van der Waals surface area contributed by atoms with E-state index in [1.54, 1.807) is 24.0 Å². The van der Waals surface area contributed by atoms with Crippen LogP contribution in [0.5, 0.6) is 0 Å². The molecule has 8 nitrogen and oxygen atoms in total. The fraction of sp³-hybridized carbons (Fsp3) is 0.417. The molecule has 9 heteroatoms. The Bertz CT molecular complexity index is 1230. The van der Waals surface area contributed by atoms with E-state index in [4.69, 9.17) is 9.15 Å². The number of fused-ring (bicyclic) bond motifs is 1. The highest BCUT2D eigenvalue weighted by Gasteiger charge is 2.28. The molecule has 0 radical (unpaired) electrons. The summed E-state index contributed by atoms with van der Waals surface area (Å²) < 4.78 is 25.3. The molecule has 1 aliphatic rings. The fourth-order valence-electron chi connectivity index (χ4n) is 4.32. The summed E-state index contributed by atoms with van der Waals surface area (Å²) in [6.07, 6.45) is 6.22. The number of ether oxygens (including phenoxy) is 1. The van der Waals surface area contributed by atoms with Crippen molar-refractivity contribution in [2.75, 3.05) is 6.61 Å². The van der Waals surface area contributed by atoms with Crippen LogP contribution in [0.2, 0.25) is 0 Å². The van der Waals surface area contributed by atoms with Crippen molar-refractivity contribution in [3.8, 4) is 0 Å². The highest BCUT2D eigenvalue weighted by atomic mass is 19.1. The van der Waals surface area contributed by atoms with Gasteiger partial charge in [-0.25, -0.2) is 14.2 Å². The largest absolute Gasteiger partial charge is 0.452 e. The van der Waals surface area contributed by atoms with Crippen molar-refractivity contribution >= 4 is 23.0 Å². The first-order valence-electron chi connectivity index (χ1n) is 11.0. The molecule has 0 N–H and O–H groups in total. The van der Waals surface area contributed by atoms with Crippen LogP contribution in [0.3, 0.4) is 0 Å². The Hall–Kier alpha value is -3.49. The Morgan fingerprint density at radius 2 is 1.91 bits per heavy atom. The van der Waals surface area contributed by atoms with Gasteiger partial charge in [0, 0.05) is 19.6 Å². The van der Waals surface area contributed by atoms with Gasteiger partial charge < -0.3 is 18.6 Å². The number of halogens is 1. The summed E-state index contributed by atoms with van der Waals surface area (Å²) in [6.45, 7) is 1.38. The van der Waals surface area contributed by atoms with Crippen molar-refractivity contribution in [3.05, 3.63) is 63.7 Å². The molecule has 0 spiro atoms. The molecule has 0 atom stereocenters. The fourth-order valence-corrected chi connectivity index (χ4v) is 4.32. The summed E-state index contributed by atoms with van der Waals surface area (Å²) in [4.78, 5) is 44.2. The Morgan fingerprint density at radius 1 is 1.21 bits per heavy atom. The second-order valence-corrected chi connectivity index (χ2v) is 8.39. The van der Waals surface area contributed by atoms with Gasteiger partial charge in [0.25, 0.3) is 11.5 Å². The second kappa shape index (κ2) is 9.56. The third kappa shape index (κ3) is 4.81. The van der Waals surface area contributed by atoms with Gasteiger partial charge in [-0.2, -0.15) is 0 Å². The molecule has 0 aliphatic heterocycles. The summed E-state index contributed by atoms with van der Waals surface area (Å²) in [7, 11) is 1.52. The molecular weight excluding hydrogens is 429 g/mol. The van der Waals surface area contributed by atoms with Gasteiger partial charge in [0.1, 0.15) is 28.9 Å². The number of esters is 1. The van der Waals surface area contributed by atoms with Crippen LogP contribution in [-0.4, -0.2) is 39.0 Å². The normalized spacial score (nSPS) is 14.4. The Labute approximate surface area is 190 Å². The Kier molecular flexibility index (Phi) is 6.57. The lowest BCUT2D eigenvalue weighted by atomic mass is 9.93. The summed E-state index contributed by atoms with van der Waals surface area (Å²) in [5, 5.41) is 0.0328. The van der Waals surface area contributed by atoms with Crippen molar-refractivity contribution in [2.45, 2.75) is 51.6 Å². The lowest BCUT2D eigenvalue weighted by molar-refractivity contribution is -0.138. The molecular formula is C24H26FN3O5. The van der Waals surface area contributed by atoms with E-state index in [1.165, 1.54) is 30.1 Å². The number of hydrogen-bond acceptors (Lipinski definition) is 6. The van der Waals surface area contributed by atoms with Crippen LogP contribution in [0.1, 0.15) is 53.8 Å². The molecule has 3 aromatic rings. The summed E-state index contributed by atoms with van der Waals surface area (Å²) in [5.74, 6) is -1.29. The molecule has 2 aromatic heterocycles. The van der Waals surface area contributed by atoms with Crippen LogP contribution in [0.15, 0.2) is 39.8 Å². The van der Waals surface area contributed by atoms with E-state index in [0.717, 1.165) is 37.7 Å². The minimum atomic E-state index is -0.810. The molecule has 33 heavy (non-hydrogen) atoms. The van der Waals surface area contributed by atoms with E-state index in [1.807, 2.05) is 0 Å². The molecule has 0 unspecified atom stereocenters. The van der Waals surface area contributed by atoms with Crippen molar-refractivity contribution < 1.29 is 23.1 Å². The highest BCUT2D eigenvalue weighted by molar-refractivity contribution is 6.03. The molecule has 1 fully saturated rings. The van der Waals surface area contributed by atoms with Crippen LogP contribution >= 0.6 is 0 Å². The number of benzene rings is 1. The van der Waals surface area contributed by atoms with Gasteiger partial charge in [0.2, 0.25) is 5.71 Å². The van der Waals surface area contributed by atoms with Crippen molar-refractivity contribution in [1.82, 2.24) is 14.5 Å². The van der Waals surface area contributed by atoms with Gasteiger partial charge in [-0.15, -0.1) is 0 Å². The molecule has 1 amide bonds. The monoisotopic (exact) mass is 455 g/mol. The first-order valence-corrected chi connectivity index (χ1v) is 11.0. The topological polar surface area (TPSA) is 94.6 Å². The molecule has 1 saturated carbocycles. The van der Waals surface area contributed by atoms with Crippen molar-refractivity contribution in [1.29, 1.82) is 0 Å². The van der Waals surface area contributed by atoms with E-state index in [2.05, 4.69) is 4.98 Å². The zero-order chi connectivity index (χ0) is 23.5. The first-order chi connectivity index (χ1) is 15.8. The predicted molar refractivity (Wildman–Crippen MR) is 118 cm³/mol. The number of carbonyl (C=O) groups excluding carboxylic acids is 2. The molecule has 174 valence electrons. The summed E-state index contributed by atoms with van der Waals surface area (Å²) >= 11 is 0. The van der Waals surface area contributed by atoms with E-state index >= 15 is 0 Å². The average Bonchev–Trinajstić information content (AvgIpc) is 3.16.